The molecule has 0 fully saturated rings. The maximum absolute atomic E-state index is 12.1. The van der Waals surface area contributed by atoms with E-state index < -0.39 is 5.41 Å². The summed E-state index contributed by atoms with van der Waals surface area (Å²) in [6.45, 7) is 13.8. The topological polar surface area (TPSA) is 37.4 Å². The first-order valence-corrected chi connectivity index (χ1v) is 6.66. The van der Waals surface area contributed by atoms with Gasteiger partial charge in [0.1, 0.15) is 0 Å². The SMILES string of the molecule is CC(C(=O)C(C)(C)C)N(C)C(=O)CCC(C)(C)C. The number of amides is 1. The lowest BCUT2D eigenvalue weighted by molar-refractivity contribution is -0.141. The third kappa shape index (κ3) is 5.65. The van der Waals surface area contributed by atoms with Crippen molar-refractivity contribution in [3.05, 3.63) is 0 Å². The zero-order chi connectivity index (χ0) is 14.7. The van der Waals surface area contributed by atoms with Crippen molar-refractivity contribution < 1.29 is 9.59 Å². The van der Waals surface area contributed by atoms with Gasteiger partial charge in [0.2, 0.25) is 5.91 Å². The van der Waals surface area contributed by atoms with Gasteiger partial charge in [-0.1, -0.05) is 41.5 Å². The minimum atomic E-state index is -0.405. The summed E-state index contributed by atoms with van der Waals surface area (Å²) in [5, 5.41) is 0. The van der Waals surface area contributed by atoms with Crippen molar-refractivity contribution in [2.24, 2.45) is 10.8 Å². The summed E-state index contributed by atoms with van der Waals surface area (Å²) in [6.07, 6.45) is 1.34. The Balaban J connectivity index is 4.52. The van der Waals surface area contributed by atoms with Gasteiger partial charge in [0.05, 0.1) is 6.04 Å². The molecule has 0 aromatic rings. The fourth-order valence-electron chi connectivity index (χ4n) is 1.68. The number of ketones is 1. The van der Waals surface area contributed by atoms with E-state index in [9.17, 15) is 9.59 Å². The molecule has 0 aliphatic carbocycles. The lowest BCUT2D eigenvalue weighted by Gasteiger charge is -2.30. The highest BCUT2D eigenvalue weighted by Gasteiger charge is 2.31. The molecule has 0 N–H and O–H groups in total. The van der Waals surface area contributed by atoms with Gasteiger partial charge in [-0.3, -0.25) is 9.59 Å². The van der Waals surface area contributed by atoms with Gasteiger partial charge in [0.15, 0.2) is 5.78 Å². The lowest BCUT2D eigenvalue weighted by atomic mass is 9.86. The summed E-state index contributed by atoms with van der Waals surface area (Å²) in [7, 11) is 1.72. The molecule has 0 radical (unpaired) electrons. The molecule has 0 saturated heterocycles. The minimum Gasteiger partial charge on any atom is -0.336 e. The Labute approximate surface area is 112 Å². The normalized spacial score (nSPS) is 14.2. The zero-order valence-electron chi connectivity index (χ0n) is 13.3. The maximum atomic E-state index is 12.1. The standard InChI is InChI=1S/C15H29NO2/c1-11(13(18)15(5,6)7)16(8)12(17)9-10-14(2,3)4/h11H,9-10H2,1-8H3. The Morgan fingerprint density at radius 1 is 1.06 bits per heavy atom. The van der Waals surface area contributed by atoms with Crippen LogP contribution in [0.1, 0.15) is 61.3 Å². The number of carbonyl (C=O) groups is 2. The van der Waals surface area contributed by atoms with Crippen LogP contribution in [0.25, 0.3) is 0 Å². The van der Waals surface area contributed by atoms with Crippen LogP contribution in [0, 0.1) is 10.8 Å². The molecule has 0 rings (SSSR count). The fourth-order valence-corrected chi connectivity index (χ4v) is 1.68. The van der Waals surface area contributed by atoms with Crippen molar-refractivity contribution in [2.45, 2.75) is 67.3 Å². The molecule has 106 valence electrons. The van der Waals surface area contributed by atoms with E-state index in [1.165, 1.54) is 0 Å². The molecule has 0 aliphatic heterocycles. The summed E-state index contributed by atoms with van der Waals surface area (Å²) in [5.74, 6) is 0.157. The molecule has 1 unspecified atom stereocenters. The molecule has 3 nitrogen and oxygen atoms in total. The number of rotatable bonds is 4. The number of carbonyl (C=O) groups excluding carboxylic acids is 2. The second-order valence-corrected chi connectivity index (χ2v) is 7.36. The second-order valence-electron chi connectivity index (χ2n) is 7.36. The molecule has 18 heavy (non-hydrogen) atoms. The van der Waals surface area contributed by atoms with E-state index in [0.717, 1.165) is 6.42 Å². The van der Waals surface area contributed by atoms with Gasteiger partial charge in [-0.25, -0.2) is 0 Å². The summed E-state index contributed by atoms with van der Waals surface area (Å²) in [6, 6.07) is -0.350. The monoisotopic (exact) mass is 255 g/mol. The van der Waals surface area contributed by atoms with Crippen LogP contribution in [0.3, 0.4) is 0 Å². The molecule has 3 heteroatoms. The Bertz CT molecular complexity index is 307. The van der Waals surface area contributed by atoms with E-state index in [1.54, 1.807) is 11.9 Å². The third-order valence-corrected chi connectivity index (χ3v) is 3.18. The third-order valence-electron chi connectivity index (χ3n) is 3.18. The number of Topliss-reactive ketones (excluding diaryl/α,β-unsaturated/α-hetero) is 1. The van der Waals surface area contributed by atoms with Crippen molar-refractivity contribution in [1.29, 1.82) is 0 Å². The van der Waals surface area contributed by atoms with Crippen LogP contribution in [-0.2, 0) is 9.59 Å². The van der Waals surface area contributed by atoms with Crippen molar-refractivity contribution in [3.63, 3.8) is 0 Å². The Morgan fingerprint density at radius 2 is 1.50 bits per heavy atom. The number of likely N-dealkylation sites (N-methyl/N-ethyl adjacent to an activating group) is 1. The average molecular weight is 255 g/mol. The van der Waals surface area contributed by atoms with Crippen molar-refractivity contribution in [2.75, 3.05) is 7.05 Å². The van der Waals surface area contributed by atoms with Crippen LogP contribution in [-0.4, -0.2) is 29.7 Å². The zero-order valence-corrected chi connectivity index (χ0v) is 13.3. The predicted molar refractivity (Wildman–Crippen MR) is 75.4 cm³/mol. The first-order valence-electron chi connectivity index (χ1n) is 6.66. The van der Waals surface area contributed by atoms with Gasteiger partial charge >= 0.3 is 0 Å². The molecular weight excluding hydrogens is 226 g/mol. The molecule has 0 bridgehead atoms. The van der Waals surface area contributed by atoms with Gasteiger partial charge in [-0.15, -0.1) is 0 Å². The summed E-state index contributed by atoms with van der Waals surface area (Å²) >= 11 is 0. The highest BCUT2D eigenvalue weighted by molar-refractivity contribution is 5.91. The van der Waals surface area contributed by atoms with Crippen LogP contribution in [0.5, 0.6) is 0 Å². The van der Waals surface area contributed by atoms with Crippen LogP contribution < -0.4 is 0 Å². The van der Waals surface area contributed by atoms with Gasteiger partial charge in [-0.2, -0.15) is 0 Å². The molecule has 0 heterocycles. The molecule has 1 atom stereocenters. The molecule has 0 aromatic heterocycles. The van der Waals surface area contributed by atoms with E-state index in [-0.39, 0.29) is 23.1 Å². The first-order chi connectivity index (χ1) is 7.86. The molecule has 0 aliphatic rings. The maximum Gasteiger partial charge on any atom is 0.222 e. The molecule has 1 amide bonds. The van der Waals surface area contributed by atoms with Crippen LogP contribution in [0.15, 0.2) is 0 Å². The molecule has 0 aromatic carbocycles. The van der Waals surface area contributed by atoms with Gasteiger partial charge in [0, 0.05) is 18.9 Å². The fraction of sp³-hybridized carbons (Fsp3) is 0.867. The molecule has 0 spiro atoms. The van der Waals surface area contributed by atoms with E-state index >= 15 is 0 Å². The smallest absolute Gasteiger partial charge is 0.222 e. The van der Waals surface area contributed by atoms with E-state index in [1.807, 2.05) is 27.7 Å². The lowest BCUT2D eigenvalue weighted by Crippen LogP contribution is -2.45. The highest BCUT2D eigenvalue weighted by atomic mass is 16.2. The number of hydrogen-bond donors (Lipinski definition) is 0. The van der Waals surface area contributed by atoms with E-state index in [4.69, 9.17) is 0 Å². The number of hydrogen-bond acceptors (Lipinski definition) is 2. The van der Waals surface area contributed by atoms with Gasteiger partial charge in [0.25, 0.3) is 0 Å². The minimum absolute atomic E-state index is 0.0509. The van der Waals surface area contributed by atoms with E-state index in [2.05, 4.69) is 20.8 Å². The molecule has 0 saturated carbocycles. The summed E-state index contributed by atoms with van der Waals surface area (Å²) in [4.78, 5) is 25.7. The second kappa shape index (κ2) is 5.85. The quantitative estimate of drug-likeness (QED) is 0.773. The first kappa shape index (κ1) is 17.1. The van der Waals surface area contributed by atoms with Crippen LogP contribution in [0.2, 0.25) is 0 Å². The summed E-state index contributed by atoms with van der Waals surface area (Å²) < 4.78 is 0. The molecular formula is C15H29NO2. The average Bonchev–Trinajstić information content (AvgIpc) is 2.20. The van der Waals surface area contributed by atoms with Crippen LogP contribution >= 0.6 is 0 Å². The van der Waals surface area contributed by atoms with Crippen molar-refractivity contribution in [3.8, 4) is 0 Å². The van der Waals surface area contributed by atoms with E-state index in [0.29, 0.717) is 6.42 Å². The van der Waals surface area contributed by atoms with Crippen molar-refractivity contribution in [1.82, 2.24) is 4.90 Å². The Kier molecular flexibility index (Phi) is 5.57. The Hall–Kier alpha value is -0.860. The van der Waals surface area contributed by atoms with Crippen LogP contribution in [0.4, 0.5) is 0 Å². The largest absolute Gasteiger partial charge is 0.336 e. The van der Waals surface area contributed by atoms with Crippen molar-refractivity contribution >= 4 is 11.7 Å². The highest BCUT2D eigenvalue weighted by Crippen LogP contribution is 2.23. The Morgan fingerprint density at radius 3 is 1.83 bits per heavy atom. The summed E-state index contributed by atoms with van der Waals surface area (Å²) in [5.41, 5.74) is -0.258. The van der Waals surface area contributed by atoms with Gasteiger partial charge < -0.3 is 4.90 Å². The number of nitrogens with zero attached hydrogens (tertiary/aromatic N) is 1. The van der Waals surface area contributed by atoms with Gasteiger partial charge in [-0.05, 0) is 18.8 Å². The predicted octanol–water partition coefficient (Wildman–Crippen LogP) is 3.27.